The van der Waals surface area contributed by atoms with Crippen molar-refractivity contribution in [2.75, 3.05) is 11.9 Å². The highest BCUT2D eigenvalue weighted by atomic mass is 16.4. The summed E-state index contributed by atoms with van der Waals surface area (Å²) in [6.45, 7) is 3.67. The van der Waals surface area contributed by atoms with Crippen LogP contribution in [0.3, 0.4) is 0 Å². The van der Waals surface area contributed by atoms with Gasteiger partial charge in [0.25, 0.3) is 11.8 Å². The van der Waals surface area contributed by atoms with E-state index in [0.717, 1.165) is 0 Å². The van der Waals surface area contributed by atoms with Gasteiger partial charge >= 0.3 is 5.97 Å². The minimum absolute atomic E-state index is 0.0701. The lowest BCUT2D eigenvalue weighted by atomic mass is 9.82. The van der Waals surface area contributed by atoms with Gasteiger partial charge in [0.2, 0.25) is 0 Å². The third-order valence-corrected chi connectivity index (χ3v) is 4.84. The lowest BCUT2D eigenvalue weighted by Crippen LogP contribution is -2.42. The Hall–Kier alpha value is -3.15. The molecule has 0 spiro atoms. The predicted octanol–water partition coefficient (Wildman–Crippen LogP) is 3.56. The van der Waals surface area contributed by atoms with E-state index >= 15 is 0 Å². The molecule has 0 aromatic heterocycles. The quantitative estimate of drug-likeness (QED) is 0.664. The molecular weight excluding hydrogens is 344 g/mol. The summed E-state index contributed by atoms with van der Waals surface area (Å²) in [5.74, 6) is -1.49. The number of amides is 2. The molecule has 0 aliphatic carbocycles. The third-order valence-electron chi connectivity index (χ3n) is 4.84. The van der Waals surface area contributed by atoms with E-state index in [4.69, 9.17) is 0 Å². The zero-order chi connectivity index (χ0) is 19.9. The first kappa shape index (κ1) is 20.2. The molecule has 2 aromatic carbocycles. The Morgan fingerprint density at radius 2 is 1.41 bits per heavy atom. The lowest BCUT2D eigenvalue weighted by Gasteiger charge is -2.26. The molecule has 0 aliphatic rings. The fourth-order valence-corrected chi connectivity index (χ4v) is 2.73. The summed E-state index contributed by atoms with van der Waals surface area (Å²) in [6, 6.07) is 15.3. The van der Waals surface area contributed by atoms with Gasteiger partial charge in [-0.15, -0.1) is 0 Å². The molecule has 2 aromatic rings. The number of carbonyl (C=O) groups is 3. The summed E-state index contributed by atoms with van der Waals surface area (Å²) in [4.78, 5) is 35.9. The molecule has 27 heavy (non-hydrogen) atoms. The van der Waals surface area contributed by atoms with Crippen molar-refractivity contribution in [1.29, 1.82) is 0 Å². The van der Waals surface area contributed by atoms with Crippen molar-refractivity contribution >= 4 is 23.5 Å². The number of hydrogen-bond donors (Lipinski definition) is 3. The molecule has 0 heterocycles. The topological polar surface area (TPSA) is 95.5 Å². The van der Waals surface area contributed by atoms with Gasteiger partial charge in [0.15, 0.2) is 0 Å². The Labute approximate surface area is 158 Å². The van der Waals surface area contributed by atoms with Gasteiger partial charge in [-0.1, -0.05) is 32.0 Å². The average molecular weight is 368 g/mol. The van der Waals surface area contributed by atoms with Crippen LogP contribution in [0.5, 0.6) is 0 Å². The van der Waals surface area contributed by atoms with Gasteiger partial charge in [-0.05, 0) is 49.2 Å². The number of carbonyl (C=O) groups excluding carboxylic acids is 2. The number of hydrogen-bond acceptors (Lipinski definition) is 3. The molecule has 0 saturated carbocycles. The molecular formula is C21H24N2O4. The first-order valence-electron chi connectivity index (χ1n) is 8.90. The first-order chi connectivity index (χ1) is 12.9. The number of carboxylic acids is 1. The summed E-state index contributed by atoms with van der Waals surface area (Å²) in [6.07, 6.45) is 0.868. The maximum absolute atomic E-state index is 12.3. The third kappa shape index (κ3) is 4.94. The van der Waals surface area contributed by atoms with Crippen LogP contribution >= 0.6 is 0 Å². The molecule has 2 rings (SSSR count). The number of benzene rings is 2. The number of carboxylic acid groups (broad SMARTS) is 1. The van der Waals surface area contributed by atoms with E-state index in [1.54, 1.807) is 62.4 Å². The van der Waals surface area contributed by atoms with Crippen molar-refractivity contribution in [2.24, 2.45) is 5.41 Å². The Kier molecular flexibility index (Phi) is 6.71. The van der Waals surface area contributed by atoms with E-state index < -0.39 is 11.4 Å². The van der Waals surface area contributed by atoms with E-state index in [-0.39, 0.29) is 18.4 Å². The van der Waals surface area contributed by atoms with Crippen LogP contribution in [0, 0.1) is 5.41 Å². The minimum Gasteiger partial charge on any atom is -0.481 e. The summed E-state index contributed by atoms with van der Waals surface area (Å²) < 4.78 is 0. The Balaban J connectivity index is 1.99. The van der Waals surface area contributed by atoms with Crippen molar-refractivity contribution < 1.29 is 19.5 Å². The molecule has 0 unspecified atom stereocenters. The van der Waals surface area contributed by atoms with Crippen molar-refractivity contribution in [2.45, 2.75) is 26.7 Å². The maximum Gasteiger partial charge on any atom is 0.311 e. The van der Waals surface area contributed by atoms with Crippen LogP contribution in [0.1, 0.15) is 47.4 Å². The van der Waals surface area contributed by atoms with E-state index in [2.05, 4.69) is 10.6 Å². The van der Waals surface area contributed by atoms with Crippen LogP contribution in [0.4, 0.5) is 5.69 Å². The summed E-state index contributed by atoms with van der Waals surface area (Å²) in [7, 11) is 0. The summed E-state index contributed by atoms with van der Waals surface area (Å²) in [5.41, 5.74) is 0.560. The zero-order valence-corrected chi connectivity index (χ0v) is 15.5. The Morgan fingerprint density at radius 1 is 0.852 bits per heavy atom. The normalized spacial score (nSPS) is 10.9. The molecule has 6 nitrogen and oxygen atoms in total. The monoisotopic (exact) mass is 368 g/mol. The largest absolute Gasteiger partial charge is 0.481 e. The molecule has 0 radical (unpaired) electrons. The fourth-order valence-electron chi connectivity index (χ4n) is 2.73. The number of nitrogens with one attached hydrogen (secondary N) is 2. The molecule has 6 heteroatoms. The van der Waals surface area contributed by atoms with Crippen molar-refractivity contribution in [3.05, 3.63) is 65.7 Å². The molecule has 0 aliphatic heterocycles. The summed E-state index contributed by atoms with van der Waals surface area (Å²) in [5, 5.41) is 14.9. The maximum atomic E-state index is 12.3. The predicted molar refractivity (Wildman–Crippen MR) is 104 cm³/mol. The average Bonchev–Trinajstić information content (AvgIpc) is 2.70. The van der Waals surface area contributed by atoms with Gasteiger partial charge in [0.05, 0.1) is 5.41 Å². The van der Waals surface area contributed by atoms with Gasteiger partial charge in [-0.3, -0.25) is 14.4 Å². The second-order valence-electron chi connectivity index (χ2n) is 6.37. The van der Waals surface area contributed by atoms with Gasteiger partial charge in [0, 0.05) is 23.4 Å². The van der Waals surface area contributed by atoms with Crippen molar-refractivity contribution in [1.82, 2.24) is 5.32 Å². The van der Waals surface area contributed by atoms with Crippen LogP contribution in [0.15, 0.2) is 54.6 Å². The number of aliphatic carboxylic acids is 1. The molecule has 0 atom stereocenters. The summed E-state index contributed by atoms with van der Waals surface area (Å²) >= 11 is 0. The Morgan fingerprint density at radius 3 is 1.93 bits per heavy atom. The molecule has 142 valence electrons. The molecule has 0 fully saturated rings. The van der Waals surface area contributed by atoms with Gasteiger partial charge in [-0.2, -0.15) is 0 Å². The van der Waals surface area contributed by atoms with Crippen LogP contribution in [0.25, 0.3) is 0 Å². The first-order valence-corrected chi connectivity index (χ1v) is 8.90. The van der Waals surface area contributed by atoms with Crippen LogP contribution in [-0.4, -0.2) is 29.4 Å². The molecule has 0 bridgehead atoms. The number of rotatable bonds is 8. The van der Waals surface area contributed by atoms with Gasteiger partial charge in [-0.25, -0.2) is 0 Å². The van der Waals surface area contributed by atoms with Gasteiger partial charge in [0.1, 0.15) is 0 Å². The van der Waals surface area contributed by atoms with Crippen LogP contribution < -0.4 is 10.6 Å². The lowest BCUT2D eigenvalue weighted by molar-refractivity contribution is -0.149. The molecule has 0 saturated heterocycles. The van der Waals surface area contributed by atoms with Gasteiger partial charge < -0.3 is 15.7 Å². The highest BCUT2D eigenvalue weighted by Crippen LogP contribution is 2.25. The molecule has 2 amide bonds. The highest BCUT2D eigenvalue weighted by Gasteiger charge is 2.35. The second kappa shape index (κ2) is 8.98. The van der Waals surface area contributed by atoms with E-state index in [0.29, 0.717) is 29.7 Å². The van der Waals surface area contributed by atoms with Crippen LogP contribution in [0.2, 0.25) is 0 Å². The minimum atomic E-state index is -0.959. The standard InChI is InChI=1S/C21H24N2O4/c1-3-21(4-2,20(26)27)14-22-18(24)16-10-12-17(13-11-16)23-19(25)15-8-6-5-7-9-15/h5-13H,3-4,14H2,1-2H3,(H,22,24)(H,23,25)(H,26,27). The SMILES string of the molecule is CCC(CC)(CNC(=O)c1ccc(NC(=O)c2ccccc2)cc1)C(=O)O. The number of anilines is 1. The second-order valence-corrected chi connectivity index (χ2v) is 6.37. The van der Waals surface area contributed by atoms with E-state index in [1.165, 1.54) is 0 Å². The van der Waals surface area contributed by atoms with E-state index in [9.17, 15) is 19.5 Å². The fraction of sp³-hybridized carbons (Fsp3) is 0.286. The van der Waals surface area contributed by atoms with E-state index in [1.807, 2.05) is 6.07 Å². The van der Waals surface area contributed by atoms with Crippen molar-refractivity contribution in [3.8, 4) is 0 Å². The Bertz CT molecular complexity index is 797. The van der Waals surface area contributed by atoms with Crippen molar-refractivity contribution in [3.63, 3.8) is 0 Å². The molecule has 3 N–H and O–H groups in total. The smallest absolute Gasteiger partial charge is 0.311 e. The highest BCUT2D eigenvalue weighted by molar-refractivity contribution is 6.04. The van der Waals surface area contributed by atoms with Crippen LogP contribution in [-0.2, 0) is 4.79 Å². The zero-order valence-electron chi connectivity index (χ0n) is 15.5.